The Balaban J connectivity index is 2.04. The molecule has 5 heteroatoms. The zero-order valence-corrected chi connectivity index (χ0v) is 13.8. The van der Waals surface area contributed by atoms with Crippen LogP contribution in [0.15, 0.2) is 42.5 Å². The topological polar surface area (TPSA) is 38.8 Å². The lowest BCUT2D eigenvalue weighted by Gasteiger charge is -2.24. The second kappa shape index (κ2) is 6.60. The van der Waals surface area contributed by atoms with Gasteiger partial charge in [0.25, 0.3) is 0 Å². The van der Waals surface area contributed by atoms with E-state index in [0.29, 0.717) is 23.4 Å². The molecule has 1 aliphatic heterocycles. The first-order valence-corrected chi connectivity index (χ1v) is 7.81. The van der Waals surface area contributed by atoms with Gasteiger partial charge < -0.3 is 14.4 Å². The molecule has 1 aliphatic carbocycles. The van der Waals surface area contributed by atoms with Crippen LogP contribution in [0.1, 0.15) is 0 Å². The van der Waals surface area contributed by atoms with Crippen LogP contribution in [0.3, 0.4) is 0 Å². The van der Waals surface area contributed by atoms with Crippen molar-refractivity contribution in [1.82, 2.24) is 4.90 Å². The molecule has 0 saturated carbocycles. The van der Waals surface area contributed by atoms with Crippen molar-refractivity contribution in [3.05, 3.63) is 58.0 Å². The number of halogens is 1. The number of hydrogen-bond acceptors (Lipinski definition) is 4. The van der Waals surface area contributed by atoms with Gasteiger partial charge in [0.05, 0.1) is 0 Å². The zero-order chi connectivity index (χ0) is 16.4. The molecule has 1 aromatic carbocycles. The molecule has 0 N–H and O–H groups in total. The second-order valence-corrected chi connectivity index (χ2v) is 6.13. The number of ether oxygens (including phenoxy) is 2. The first kappa shape index (κ1) is 15.8. The number of benzene rings is 1. The first-order valence-electron chi connectivity index (χ1n) is 7.44. The van der Waals surface area contributed by atoms with E-state index < -0.39 is 5.97 Å². The van der Waals surface area contributed by atoms with Crippen LogP contribution in [-0.2, 0) is 14.3 Å². The standard InChI is InChI=1S/C18H18ClNO3/c1-20(2)9-10-22-18(21)17-15-11-12(19)7-8-13(15)14-5-3-4-6-16(14)23-17/h3-8,11,16H,9-10H2,1-2H3. The molecule has 1 heterocycles. The van der Waals surface area contributed by atoms with E-state index in [4.69, 9.17) is 21.1 Å². The van der Waals surface area contributed by atoms with Crippen LogP contribution in [0, 0.1) is 0 Å². The molecule has 1 aromatic rings. The van der Waals surface area contributed by atoms with E-state index in [1.54, 1.807) is 6.07 Å². The van der Waals surface area contributed by atoms with E-state index in [-0.39, 0.29) is 11.9 Å². The number of rotatable bonds is 4. The molecule has 2 aliphatic rings. The van der Waals surface area contributed by atoms with Crippen LogP contribution in [-0.4, -0.2) is 44.2 Å². The van der Waals surface area contributed by atoms with Crippen molar-refractivity contribution in [3.63, 3.8) is 0 Å². The molecular formula is C18H18ClNO3. The third-order valence-corrected chi connectivity index (χ3v) is 3.95. The number of carbonyl (C=O) groups excluding carboxylic acids is 1. The maximum Gasteiger partial charge on any atom is 0.374 e. The minimum Gasteiger partial charge on any atom is -0.474 e. The van der Waals surface area contributed by atoms with Crippen LogP contribution >= 0.6 is 11.6 Å². The quantitative estimate of drug-likeness (QED) is 0.778. The molecule has 0 fully saturated rings. The predicted molar refractivity (Wildman–Crippen MR) is 90.2 cm³/mol. The Bertz CT molecular complexity index is 808. The molecule has 120 valence electrons. The van der Waals surface area contributed by atoms with Gasteiger partial charge in [0.15, 0.2) is 0 Å². The third kappa shape index (κ3) is 3.33. The van der Waals surface area contributed by atoms with Crippen molar-refractivity contribution in [3.8, 4) is 0 Å². The lowest BCUT2D eigenvalue weighted by atomic mass is 9.98. The molecule has 0 bridgehead atoms. The Labute approximate surface area is 139 Å². The van der Waals surface area contributed by atoms with Gasteiger partial charge in [-0.25, -0.2) is 4.79 Å². The minimum atomic E-state index is -0.461. The van der Waals surface area contributed by atoms with Gasteiger partial charge in [-0.15, -0.1) is 0 Å². The van der Waals surface area contributed by atoms with Crippen molar-refractivity contribution >= 4 is 28.9 Å². The van der Waals surface area contributed by atoms with E-state index in [9.17, 15) is 4.79 Å². The highest BCUT2D eigenvalue weighted by Crippen LogP contribution is 2.21. The Hall–Kier alpha value is -2.04. The highest BCUT2D eigenvalue weighted by molar-refractivity contribution is 6.30. The van der Waals surface area contributed by atoms with Crippen molar-refractivity contribution in [2.24, 2.45) is 0 Å². The average molecular weight is 332 g/mol. The summed E-state index contributed by atoms with van der Waals surface area (Å²) in [6.45, 7) is 0.969. The summed E-state index contributed by atoms with van der Waals surface area (Å²) < 4.78 is 11.2. The Morgan fingerprint density at radius 1 is 1.30 bits per heavy atom. The number of fused-ring (bicyclic) bond motifs is 2. The van der Waals surface area contributed by atoms with Gasteiger partial charge in [0.1, 0.15) is 12.7 Å². The summed E-state index contributed by atoms with van der Waals surface area (Å²) in [7, 11) is 3.85. The predicted octanol–water partition coefficient (Wildman–Crippen LogP) is 1.23. The van der Waals surface area contributed by atoms with Crippen LogP contribution in [0.4, 0.5) is 0 Å². The van der Waals surface area contributed by atoms with E-state index in [1.807, 2.05) is 55.4 Å². The fourth-order valence-electron chi connectivity index (χ4n) is 2.56. The summed E-state index contributed by atoms with van der Waals surface area (Å²) in [6, 6.07) is 5.48. The van der Waals surface area contributed by atoms with Gasteiger partial charge in [-0.3, -0.25) is 0 Å². The monoisotopic (exact) mass is 331 g/mol. The molecule has 3 rings (SSSR count). The van der Waals surface area contributed by atoms with Crippen LogP contribution in [0.5, 0.6) is 0 Å². The minimum absolute atomic E-state index is 0.218. The average Bonchev–Trinajstić information content (AvgIpc) is 2.53. The summed E-state index contributed by atoms with van der Waals surface area (Å²) in [5.41, 5.74) is 1.02. The van der Waals surface area contributed by atoms with Crippen LogP contribution in [0.2, 0.25) is 5.02 Å². The third-order valence-electron chi connectivity index (χ3n) is 3.72. The molecule has 0 radical (unpaired) electrons. The SMILES string of the molecule is CN(C)CCOC(=O)C1=c2cc(Cl)ccc2=C2C=CC=CC2O1. The molecule has 0 aromatic heterocycles. The Morgan fingerprint density at radius 2 is 2.13 bits per heavy atom. The zero-order valence-electron chi connectivity index (χ0n) is 13.1. The molecule has 1 unspecified atom stereocenters. The van der Waals surface area contributed by atoms with Gasteiger partial charge in [0, 0.05) is 22.4 Å². The molecule has 1 atom stereocenters. The summed E-state index contributed by atoms with van der Waals surface area (Å²) in [6.07, 6.45) is 7.49. The highest BCUT2D eigenvalue weighted by Gasteiger charge is 2.26. The Morgan fingerprint density at radius 3 is 2.91 bits per heavy atom. The number of hydrogen-bond donors (Lipinski definition) is 0. The number of esters is 1. The van der Waals surface area contributed by atoms with Gasteiger partial charge in [-0.1, -0.05) is 35.9 Å². The van der Waals surface area contributed by atoms with Gasteiger partial charge in [-0.05, 0) is 37.5 Å². The summed E-state index contributed by atoms with van der Waals surface area (Å²) >= 11 is 6.10. The fourth-order valence-corrected chi connectivity index (χ4v) is 2.73. The van der Waals surface area contributed by atoms with Crippen LogP contribution in [0.25, 0.3) is 11.3 Å². The maximum absolute atomic E-state index is 12.4. The highest BCUT2D eigenvalue weighted by atomic mass is 35.5. The number of likely N-dealkylation sites (N-methyl/N-ethyl adjacent to an activating group) is 1. The lowest BCUT2D eigenvalue weighted by Crippen LogP contribution is -2.41. The second-order valence-electron chi connectivity index (χ2n) is 5.70. The van der Waals surface area contributed by atoms with Crippen molar-refractivity contribution in [2.75, 3.05) is 27.2 Å². The van der Waals surface area contributed by atoms with Gasteiger partial charge in [-0.2, -0.15) is 0 Å². The summed E-state index contributed by atoms with van der Waals surface area (Å²) in [5.74, 6) is -0.243. The molecule has 4 nitrogen and oxygen atoms in total. The van der Waals surface area contributed by atoms with E-state index in [1.165, 1.54) is 0 Å². The van der Waals surface area contributed by atoms with Gasteiger partial charge in [0.2, 0.25) is 5.76 Å². The lowest BCUT2D eigenvalue weighted by molar-refractivity contribution is -0.139. The first-order chi connectivity index (χ1) is 11.1. The Kier molecular flexibility index (Phi) is 4.55. The number of nitrogens with zero attached hydrogens (tertiary/aromatic N) is 1. The molecule has 23 heavy (non-hydrogen) atoms. The fraction of sp³-hybridized carbons (Fsp3) is 0.278. The summed E-state index contributed by atoms with van der Waals surface area (Å²) in [5, 5.41) is 2.18. The van der Waals surface area contributed by atoms with Crippen LogP contribution < -0.4 is 10.4 Å². The van der Waals surface area contributed by atoms with E-state index in [0.717, 1.165) is 10.8 Å². The largest absolute Gasteiger partial charge is 0.474 e. The summed E-state index contributed by atoms with van der Waals surface area (Å²) in [4.78, 5) is 14.4. The number of allylic oxidation sites excluding steroid dienone is 2. The van der Waals surface area contributed by atoms with E-state index in [2.05, 4.69) is 0 Å². The van der Waals surface area contributed by atoms with Crippen molar-refractivity contribution in [2.45, 2.75) is 6.10 Å². The molecular weight excluding hydrogens is 314 g/mol. The normalized spacial score (nSPS) is 18.5. The number of carbonyl (C=O) groups is 1. The van der Waals surface area contributed by atoms with Gasteiger partial charge >= 0.3 is 5.97 Å². The molecule has 0 spiro atoms. The smallest absolute Gasteiger partial charge is 0.374 e. The maximum atomic E-state index is 12.4. The van der Waals surface area contributed by atoms with Crippen molar-refractivity contribution in [1.29, 1.82) is 0 Å². The molecule has 0 amide bonds. The van der Waals surface area contributed by atoms with Crippen molar-refractivity contribution < 1.29 is 14.3 Å². The van der Waals surface area contributed by atoms with E-state index >= 15 is 0 Å². The molecule has 0 saturated heterocycles.